The fraction of sp³-hybridized carbons (Fsp3) is 0.945. The second-order valence-corrected chi connectivity index (χ2v) is 31.1. The largest absolute Gasteiger partial charge is 0.472 e. The molecular formula is C73H142O17P2. The number of ether oxygens (including phenoxy) is 4. The van der Waals surface area contributed by atoms with Crippen LogP contribution in [0.2, 0.25) is 0 Å². The Hall–Kier alpha value is -1.94. The summed E-state index contributed by atoms with van der Waals surface area (Å²) < 4.78 is 68.4. The van der Waals surface area contributed by atoms with E-state index in [0.29, 0.717) is 25.7 Å². The van der Waals surface area contributed by atoms with Crippen LogP contribution in [0.5, 0.6) is 0 Å². The molecule has 0 aromatic rings. The third-order valence-corrected chi connectivity index (χ3v) is 18.7. The van der Waals surface area contributed by atoms with Crippen LogP contribution in [0.4, 0.5) is 0 Å². The topological polar surface area (TPSA) is 237 Å². The summed E-state index contributed by atoms with van der Waals surface area (Å²) >= 11 is 0. The monoisotopic (exact) mass is 1350 g/mol. The summed E-state index contributed by atoms with van der Waals surface area (Å²) in [6, 6.07) is 0. The van der Waals surface area contributed by atoms with Gasteiger partial charge in [-0.15, -0.1) is 0 Å². The van der Waals surface area contributed by atoms with E-state index in [0.717, 1.165) is 114 Å². The first-order chi connectivity index (χ1) is 44.1. The number of aliphatic hydroxyl groups excluding tert-OH is 1. The Kier molecular flexibility index (Phi) is 61.3. The lowest BCUT2D eigenvalue weighted by molar-refractivity contribution is -0.161. The number of phosphoric acid groups is 2. The predicted molar refractivity (Wildman–Crippen MR) is 372 cm³/mol. The van der Waals surface area contributed by atoms with E-state index in [1.165, 1.54) is 167 Å². The van der Waals surface area contributed by atoms with Crippen LogP contribution in [-0.2, 0) is 65.4 Å². The van der Waals surface area contributed by atoms with Crippen LogP contribution in [0, 0.1) is 23.7 Å². The van der Waals surface area contributed by atoms with E-state index in [-0.39, 0.29) is 25.7 Å². The van der Waals surface area contributed by atoms with Crippen molar-refractivity contribution in [1.82, 2.24) is 0 Å². The Balaban J connectivity index is 5.27. The summed E-state index contributed by atoms with van der Waals surface area (Å²) in [5.74, 6) is 0.890. The Labute approximate surface area is 562 Å². The minimum Gasteiger partial charge on any atom is -0.462 e. The lowest BCUT2D eigenvalue weighted by atomic mass is 10.0. The van der Waals surface area contributed by atoms with Crippen molar-refractivity contribution in [3.8, 4) is 0 Å². The molecule has 0 bridgehead atoms. The van der Waals surface area contributed by atoms with Crippen LogP contribution in [0.3, 0.4) is 0 Å². The van der Waals surface area contributed by atoms with Crippen molar-refractivity contribution in [3.63, 3.8) is 0 Å². The molecule has 5 atom stereocenters. The van der Waals surface area contributed by atoms with Gasteiger partial charge in [-0.05, 0) is 49.4 Å². The fourth-order valence-corrected chi connectivity index (χ4v) is 12.6. The Morgan fingerprint density at radius 3 is 0.674 bits per heavy atom. The van der Waals surface area contributed by atoms with E-state index in [1.807, 2.05) is 0 Å². The van der Waals surface area contributed by atoms with Gasteiger partial charge >= 0.3 is 39.5 Å². The zero-order valence-corrected chi connectivity index (χ0v) is 62.0. The first-order valence-electron chi connectivity index (χ1n) is 37.7. The standard InChI is InChI=1S/C73H142O17P2/c1-63(2)49-41-33-25-17-11-9-13-20-29-37-45-53-70(75)83-59-68(90-73(78)56-48-40-32-22-16-15-19-27-35-43-51-65(5)6)61-87-91(79,80)85-57-67(74)58-86-92(81,82)88-62-69(60-84-71(76)54-46-38-30-24-23-28-36-44-52-66(7)8)89-72(77)55-47-39-31-21-14-10-12-18-26-34-42-50-64(3)4/h63-69,74H,9-62H2,1-8H3,(H,79,80)(H,81,82)/t67?,68-,69-/m1/s1. The second kappa shape index (κ2) is 62.6. The average molecular weight is 1350 g/mol. The summed E-state index contributed by atoms with van der Waals surface area (Å²) in [5.41, 5.74) is 0. The van der Waals surface area contributed by atoms with E-state index >= 15 is 0 Å². The van der Waals surface area contributed by atoms with Crippen LogP contribution in [0.1, 0.15) is 364 Å². The molecule has 3 unspecified atom stereocenters. The average Bonchev–Trinajstić information content (AvgIpc) is 3.71. The van der Waals surface area contributed by atoms with Crippen LogP contribution in [0.25, 0.3) is 0 Å². The zero-order chi connectivity index (χ0) is 68.2. The molecule has 0 rings (SSSR count). The smallest absolute Gasteiger partial charge is 0.462 e. The maximum atomic E-state index is 13.0. The van der Waals surface area contributed by atoms with Gasteiger partial charge in [-0.2, -0.15) is 0 Å². The normalized spacial score (nSPS) is 14.2. The van der Waals surface area contributed by atoms with Crippen LogP contribution in [-0.4, -0.2) is 96.7 Å². The molecule has 0 radical (unpaired) electrons. The van der Waals surface area contributed by atoms with Crippen molar-refractivity contribution in [1.29, 1.82) is 0 Å². The molecule has 92 heavy (non-hydrogen) atoms. The van der Waals surface area contributed by atoms with Crippen molar-refractivity contribution >= 4 is 39.5 Å². The van der Waals surface area contributed by atoms with Crippen molar-refractivity contribution in [2.24, 2.45) is 23.7 Å². The minimum atomic E-state index is -4.95. The highest BCUT2D eigenvalue weighted by Gasteiger charge is 2.30. The number of carbonyl (C=O) groups excluding carboxylic acids is 4. The van der Waals surface area contributed by atoms with Crippen LogP contribution in [0.15, 0.2) is 0 Å². The number of carbonyl (C=O) groups is 4. The van der Waals surface area contributed by atoms with Gasteiger partial charge in [0.05, 0.1) is 26.4 Å². The van der Waals surface area contributed by atoms with Gasteiger partial charge in [0, 0.05) is 25.7 Å². The molecule has 3 N–H and O–H groups in total. The lowest BCUT2D eigenvalue weighted by Gasteiger charge is -2.21. The van der Waals surface area contributed by atoms with Gasteiger partial charge in [0.2, 0.25) is 0 Å². The molecule has 0 aliphatic rings. The van der Waals surface area contributed by atoms with Gasteiger partial charge in [-0.1, -0.05) is 312 Å². The highest BCUT2D eigenvalue weighted by Crippen LogP contribution is 2.45. The molecule has 0 aliphatic carbocycles. The molecule has 0 saturated heterocycles. The van der Waals surface area contributed by atoms with Crippen molar-refractivity contribution < 1.29 is 80.2 Å². The molecule has 0 spiro atoms. The number of hydrogen-bond acceptors (Lipinski definition) is 15. The lowest BCUT2D eigenvalue weighted by Crippen LogP contribution is -2.30. The number of esters is 4. The molecular weight excluding hydrogens is 1210 g/mol. The molecule has 17 nitrogen and oxygen atoms in total. The molecule has 0 saturated carbocycles. The van der Waals surface area contributed by atoms with Gasteiger partial charge in [-0.25, -0.2) is 9.13 Å². The van der Waals surface area contributed by atoms with E-state index in [1.54, 1.807) is 0 Å². The fourth-order valence-electron chi connectivity index (χ4n) is 11.0. The molecule has 0 aromatic carbocycles. The zero-order valence-electron chi connectivity index (χ0n) is 60.2. The maximum absolute atomic E-state index is 13.0. The third kappa shape index (κ3) is 66.7. The first-order valence-corrected chi connectivity index (χ1v) is 40.7. The summed E-state index contributed by atoms with van der Waals surface area (Å²) in [6.07, 6.45) is 45.8. The SMILES string of the molecule is CC(C)CCCCCCCCCCCCCC(=O)OC[C@H](COP(=O)(O)OCC(O)COP(=O)(O)OC[C@@H](COC(=O)CCCCCCCCCCC(C)C)OC(=O)CCCCCCCCCCCCCC(C)C)OC(=O)CCCCCCCCCCCCC(C)C. The summed E-state index contributed by atoms with van der Waals surface area (Å²) in [4.78, 5) is 72.7. The molecule has 546 valence electrons. The summed E-state index contributed by atoms with van der Waals surface area (Å²) in [7, 11) is -9.91. The Bertz CT molecular complexity index is 1820. The summed E-state index contributed by atoms with van der Waals surface area (Å²) in [5, 5.41) is 10.6. The molecule has 0 fully saturated rings. The summed E-state index contributed by atoms with van der Waals surface area (Å²) in [6.45, 7) is 14.1. The Morgan fingerprint density at radius 1 is 0.272 bits per heavy atom. The highest BCUT2D eigenvalue weighted by atomic mass is 31.2. The van der Waals surface area contributed by atoms with Gasteiger partial charge in [0.1, 0.15) is 19.3 Å². The molecule has 0 aromatic heterocycles. The number of aliphatic hydroxyl groups is 1. The van der Waals surface area contributed by atoms with Gasteiger partial charge in [0.15, 0.2) is 12.2 Å². The molecule has 0 aliphatic heterocycles. The predicted octanol–water partition coefficient (Wildman–Crippen LogP) is 20.9. The van der Waals surface area contributed by atoms with Crippen LogP contribution < -0.4 is 0 Å². The van der Waals surface area contributed by atoms with Gasteiger partial charge < -0.3 is 33.8 Å². The van der Waals surface area contributed by atoms with Gasteiger partial charge in [-0.3, -0.25) is 37.3 Å². The number of hydrogen-bond donors (Lipinski definition) is 3. The van der Waals surface area contributed by atoms with Crippen molar-refractivity contribution in [2.75, 3.05) is 39.6 Å². The number of unbranched alkanes of at least 4 members (excludes halogenated alkanes) is 36. The van der Waals surface area contributed by atoms with E-state index in [2.05, 4.69) is 55.4 Å². The van der Waals surface area contributed by atoms with E-state index in [9.17, 15) is 43.2 Å². The van der Waals surface area contributed by atoms with E-state index in [4.69, 9.17) is 37.0 Å². The number of rotatable bonds is 70. The van der Waals surface area contributed by atoms with Crippen molar-refractivity contribution in [3.05, 3.63) is 0 Å². The maximum Gasteiger partial charge on any atom is 0.472 e. The highest BCUT2D eigenvalue weighted by molar-refractivity contribution is 7.47. The van der Waals surface area contributed by atoms with Crippen molar-refractivity contribution in [2.45, 2.75) is 382 Å². The second-order valence-electron chi connectivity index (χ2n) is 28.2. The van der Waals surface area contributed by atoms with E-state index < -0.39 is 97.5 Å². The quantitative estimate of drug-likeness (QED) is 0.0222. The number of phosphoric ester groups is 2. The molecule has 0 amide bonds. The first kappa shape index (κ1) is 90.1. The van der Waals surface area contributed by atoms with Gasteiger partial charge in [0.25, 0.3) is 0 Å². The Morgan fingerprint density at radius 2 is 0.457 bits per heavy atom. The van der Waals surface area contributed by atoms with Crippen LogP contribution >= 0.6 is 15.6 Å². The molecule has 19 heteroatoms. The molecule has 0 heterocycles. The minimum absolute atomic E-state index is 0.105. The third-order valence-electron chi connectivity index (χ3n) is 16.8.